The molecule has 0 spiro atoms. The molecular formula is C17H28N4O2. The Morgan fingerprint density at radius 3 is 2.74 bits per heavy atom. The number of hydrogen-bond acceptors (Lipinski definition) is 3. The van der Waals surface area contributed by atoms with E-state index in [2.05, 4.69) is 15.5 Å². The predicted octanol–water partition coefficient (Wildman–Crippen LogP) is 2.30. The lowest BCUT2D eigenvalue weighted by Crippen LogP contribution is -2.44. The standard InChI is InChI=1S/C17H28N4O2/c1-6-17(4,5)16(23)18-12-7-8-21(10-12)15(22)14-9-13(11(2)3)19-20-14/h9,11-12H,6-8,10H2,1-5H3,(H,18,23)(H,19,20). The van der Waals surface area contributed by atoms with E-state index in [1.165, 1.54) is 0 Å². The fraction of sp³-hybridized carbons (Fsp3) is 0.706. The molecule has 1 aromatic rings. The molecule has 2 rings (SSSR count). The maximum Gasteiger partial charge on any atom is 0.271 e. The summed E-state index contributed by atoms with van der Waals surface area (Å²) in [5.41, 5.74) is 1.05. The molecule has 1 aliphatic rings. The molecule has 0 aromatic carbocycles. The summed E-state index contributed by atoms with van der Waals surface area (Å²) in [6, 6.07) is 1.85. The van der Waals surface area contributed by atoms with Crippen LogP contribution in [0.25, 0.3) is 0 Å². The first-order valence-electron chi connectivity index (χ1n) is 8.40. The summed E-state index contributed by atoms with van der Waals surface area (Å²) < 4.78 is 0. The number of aromatic nitrogens is 2. The first kappa shape index (κ1) is 17.5. The van der Waals surface area contributed by atoms with Crippen molar-refractivity contribution in [3.8, 4) is 0 Å². The molecule has 2 amide bonds. The van der Waals surface area contributed by atoms with Crippen LogP contribution in [0.2, 0.25) is 0 Å². The SMILES string of the molecule is CCC(C)(C)C(=O)NC1CCN(C(=O)c2cc(C(C)C)n[nH]2)C1. The van der Waals surface area contributed by atoms with Crippen LogP contribution in [0.1, 0.15) is 69.6 Å². The predicted molar refractivity (Wildman–Crippen MR) is 89.2 cm³/mol. The summed E-state index contributed by atoms with van der Waals surface area (Å²) in [6.45, 7) is 11.2. The van der Waals surface area contributed by atoms with Crippen LogP contribution >= 0.6 is 0 Å². The Morgan fingerprint density at radius 1 is 1.48 bits per heavy atom. The molecule has 0 saturated carbocycles. The zero-order chi connectivity index (χ0) is 17.2. The van der Waals surface area contributed by atoms with Crippen molar-refractivity contribution >= 4 is 11.8 Å². The highest BCUT2D eigenvalue weighted by Gasteiger charge is 2.32. The van der Waals surface area contributed by atoms with Crippen LogP contribution in [0.5, 0.6) is 0 Å². The van der Waals surface area contributed by atoms with Gasteiger partial charge in [0.05, 0.1) is 5.69 Å². The molecule has 0 bridgehead atoms. The molecule has 6 heteroatoms. The molecule has 6 nitrogen and oxygen atoms in total. The molecule has 128 valence electrons. The van der Waals surface area contributed by atoms with Crippen molar-refractivity contribution in [2.24, 2.45) is 5.41 Å². The second kappa shape index (κ2) is 6.72. The molecule has 1 fully saturated rings. The topological polar surface area (TPSA) is 78.1 Å². The second-order valence-electron chi connectivity index (χ2n) is 7.31. The molecule has 1 unspecified atom stereocenters. The number of aromatic amines is 1. The van der Waals surface area contributed by atoms with E-state index in [1.54, 1.807) is 4.90 Å². The third kappa shape index (κ3) is 3.92. The minimum atomic E-state index is -0.368. The number of nitrogens with zero attached hydrogens (tertiary/aromatic N) is 2. The van der Waals surface area contributed by atoms with Gasteiger partial charge in [-0.1, -0.05) is 34.6 Å². The zero-order valence-corrected chi connectivity index (χ0v) is 14.8. The number of amides is 2. The zero-order valence-electron chi connectivity index (χ0n) is 14.8. The number of carbonyl (C=O) groups excluding carboxylic acids is 2. The Balaban J connectivity index is 1.94. The number of hydrogen-bond donors (Lipinski definition) is 2. The molecule has 1 aromatic heterocycles. The third-order valence-corrected chi connectivity index (χ3v) is 4.73. The Kier molecular flexibility index (Phi) is 5.12. The lowest BCUT2D eigenvalue weighted by atomic mass is 9.89. The molecule has 1 saturated heterocycles. The smallest absolute Gasteiger partial charge is 0.271 e. The number of likely N-dealkylation sites (tertiary alicyclic amines) is 1. The average Bonchev–Trinajstić information content (AvgIpc) is 3.15. The second-order valence-corrected chi connectivity index (χ2v) is 7.31. The highest BCUT2D eigenvalue weighted by atomic mass is 16.2. The molecule has 2 heterocycles. The first-order valence-corrected chi connectivity index (χ1v) is 8.40. The van der Waals surface area contributed by atoms with Crippen molar-refractivity contribution in [2.75, 3.05) is 13.1 Å². The van der Waals surface area contributed by atoms with Crippen LogP contribution in [0.4, 0.5) is 0 Å². The highest BCUT2D eigenvalue weighted by Crippen LogP contribution is 2.21. The lowest BCUT2D eigenvalue weighted by Gasteiger charge is -2.24. The summed E-state index contributed by atoms with van der Waals surface area (Å²) in [6.07, 6.45) is 1.59. The van der Waals surface area contributed by atoms with Gasteiger partial charge in [-0.15, -0.1) is 0 Å². The molecule has 0 aliphatic carbocycles. The highest BCUT2D eigenvalue weighted by molar-refractivity contribution is 5.92. The number of rotatable bonds is 5. The largest absolute Gasteiger partial charge is 0.351 e. The van der Waals surface area contributed by atoms with Crippen molar-refractivity contribution in [1.29, 1.82) is 0 Å². The maximum absolute atomic E-state index is 12.5. The van der Waals surface area contributed by atoms with E-state index in [0.29, 0.717) is 18.8 Å². The summed E-state index contributed by atoms with van der Waals surface area (Å²) in [7, 11) is 0. The van der Waals surface area contributed by atoms with Gasteiger partial charge in [0.2, 0.25) is 5.91 Å². The van der Waals surface area contributed by atoms with Crippen molar-refractivity contribution in [3.05, 3.63) is 17.5 Å². The fourth-order valence-electron chi connectivity index (χ4n) is 2.52. The lowest BCUT2D eigenvalue weighted by molar-refractivity contribution is -0.130. The van der Waals surface area contributed by atoms with Gasteiger partial charge in [-0.25, -0.2) is 0 Å². The normalized spacial score (nSPS) is 18.5. The van der Waals surface area contributed by atoms with Crippen molar-refractivity contribution in [1.82, 2.24) is 20.4 Å². The van der Waals surface area contributed by atoms with Crippen molar-refractivity contribution < 1.29 is 9.59 Å². The van der Waals surface area contributed by atoms with E-state index in [4.69, 9.17) is 0 Å². The number of H-pyrrole nitrogens is 1. The molecule has 1 atom stereocenters. The van der Waals surface area contributed by atoms with Gasteiger partial charge in [-0.3, -0.25) is 14.7 Å². The molecular weight excluding hydrogens is 292 g/mol. The van der Waals surface area contributed by atoms with Gasteiger partial charge in [0.1, 0.15) is 5.69 Å². The van der Waals surface area contributed by atoms with Gasteiger partial charge in [0.15, 0.2) is 0 Å². The van der Waals surface area contributed by atoms with Crippen molar-refractivity contribution in [3.63, 3.8) is 0 Å². The van der Waals surface area contributed by atoms with Gasteiger partial charge >= 0.3 is 0 Å². The summed E-state index contributed by atoms with van der Waals surface area (Å²) in [5.74, 6) is 0.300. The number of carbonyl (C=O) groups is 2. The van der Waals surface area contributed by atoms with Gasteiger partial charge in [-0.05, 0) is 24.8 Å². The van der Waals surface area contributed by atoms with Crippen LogP contribution in [-0.4, -0.2) is 46.0 Å². The van der Waals surface area contributed by atoms with Gasteiger partial charge < -0.3 is 10.2 Å². The molecule has 23 heavy (non-hydrogen) atoms. The van der Waals surface area contributed by atoms with Crippen LogP contribution in [0.15, 0.2) is 6.07 Å². The van der Waals surface area contributed by atoms with Gasteiger partial charge in [-0.2, -0.15) is 5.10 Å². The van der Waals surface area contributed by atoms with Gasteiger partial charge in [0.25, 0.3) is 5.91 Å². The van der Waals surface area contributed by atoms with E-state index < -0.39 is 0 Å². The van der Waals surface area contributed by atoms with Crippen LogP contribution in [0, 0.1) is 5.41 Å². The molecule has 1 aliphatic heterocycles. The summed E-state index contributed by atoms with van der Waals surface area (Å²) in [5, 5.41) is 10.1. The number of nitrogens with one attached hydrogen (secondary N) is 2. The first-order chi connectivity index (χ1) is 10.7. The van der Waals surface area contributed by atoms with Crippen LogP contribution in [-0.2, 0) is 4.79 Å². The van der Waals surface area contributed by atoms with Gasteiger partial charge in [0, 0.05) is 24.5 Å². The Bertz CT molecular complexity index is 577. The minimum Gasteiger partial charge on any atom is -0.351 e. The van der Waals surface area contributed by atoms with E-state index in [0.717, 1.165) is 18.5 Å². The Morgan fingerprint density at radius 2 is 2.17 bits per heavy atom. The fourth-order valence-corrected chi connectivity index (χ4v) is 2.52. The monoisotopic (exact) mass is 320 g/mol. The Labute approximate surface area is 138 Å². The average molecular weight is 320 g/mol. The minimum absolute atomic E-state index is 0.0322. The van der Waals surface area contributed by atoms with Crippen molar-refractivity contribution in [2.45, 2.75) is 59.4 Å². The Hall–Kier alpha value is -1.85. The van der Waals surface area contributed by atoms with E-state index in [-0.39, 0.29) is 29.2 Å². The summed E-state index contributed by atoms with van der Waals surface area (Å²) >= 11 is 0. The quantitative estimate of drug-likeness (QED) is 0.874. The molecule has 2 N–H and O–H groups in total. The van der Waals surface area contributed by atoms with E-state index in [9.17, 15) is 9.59 Å². The summed E-state index contributed by atoms with van der Waals surface area (Å²) in [4.78, 5) is 26.5. The maximum atomic E-state index is 12.5. The van der Waals surface area contributed by atoms with Crippen LogP contribution in [0.3, 0.4) is 0 Å². The van der Waals surface area contributed by atoms with Crippen LogP contribution < -0.4 is 5.32 Å². The van der Waals surface area contributed by atoms with E-state index in [1.807, 2.05) is 40.7 Å². The molecule has 0 radical (unpaired) electrons. The third-order valence-electron chi connectivity index (χ3n) is 4.73. The van der Waals surface area contributed by atoms with E-state index >= 15 is 0 Å².